The molecule has 0 aliphatic carbocycles. The Morgan fingerprint density at radius 2 is 1.07 bits per heavy atom. The summed E-state index contributed by atoms with van der Waals surface area (Å²) in [6.07, 6.45) is 3.49. The lowest BCUT2D eigenvalue weighted by Gasteiger charge is -2.14. The molecule has 0 saturated carbocycles. The highest BCUT2D eigenvalue weighted by molar-refractivity contribution is 5.86. The van der Waals surface area contributed by atoms with E-state index in [0.29, 0.717) is 75.6 Å². The first-order valence-corrected chi connectivity index (χ1v) is 14.0. The van der Waals surface area contributed by atoms with E-state index in [0.717, 1.165) is 10.8 Å². The van der Waals surface area contributed by atoms with E-state index >= 15 is 0 Å². The van der Waals surface area contributed by atoms with E-state index in [9.17, 15) is 9.59 Å². The maximum absolute atomic E-state index is 12.6. The van der Waals surface area contributed by atoms with Gasteiger partial charge in [-0.15, -0.1) is 10.2 Å². The number of hydrogen-bond acceptors (Lipinski definition) is 11. The van der Waals surface area contributed by atoms with Crippen molar-refractivity contribution in [3.05, 3.63) is 60.2 Å². The Morgan fingerprint density at radius 1 is 0.628 bits per heavy atom. The van der Waals surface area contributed by atoms with Crippen LogP contribution in [0.5, 0.6) is 11.5 Å². The summed E-state index contributed by atoms with van der Waals surface area (Å²) in [6, 6.07) is 11.2. The van der Waals surface area contributed by atoms with E-state index in [1.807, 2.05) is 24.3 Å². The monoisotopic (exact) mass is 594 g/mol. The summed E-state index contributed by atoms with van der Waals surface area (Å²) < 4.78 is 31.6. The Labute approximate surface area is 247 Å². The van der Waals surface area contributed by atoms with Gasteiger partial charge < -0.3 is 34.3 Å². The van der Waals surface area contributed by atoms with Crippen LogP contribution in [-0.2, 0) is 50.0 Å². The van der Waals surface area contributed by atoms with Crippen molar-refractivity contribution in [2.75, 3.05) is 52.9 Å². The van der Waals surface area contributed by atoms with Crippen molar-refractivity contribution >= 4 is 22.6 Å². The van der Waals surface area contributed by atoms with Crippen LogP contribution in [0.2, 0.25) is 0 Å². The van der Waals surface area contributed by atoms with Gasteiger partial charge in [-0.3, -0.25) is 9.59 Å². The van der Waals surface area contributed by atoms with Gasteiger partial charge in [0, 0.05) is 0 Å². The van der Waals surface area contributed by atoms with Crippen LogP contribution in [0.4, 0.5) is 0 Å². The van der Waals surface area contributed by atoms with Crippen LogP contribution in [0, 0.1) is 0 Å². The van der Waals surface area contributed by atoms with Crippen LogP contribution < -0.4 is 20.1 Å². The number of nitrogens with zero attached hydrogens (tertiary/aromatic N) is 6. The molecule has 228 valence electrons. The van der Waals surface area contributed by atoms with Crippen molar-refractivity contribution in [3.63, 3.8) is 0 Å². The second-order valence-corrected chi connectivity index (χ2v) is 9.56. The highest BCUT2D eigenvalue weighted by Gasteiger charge is 2.13. The Bertz CT molecular complexity index is 1380. The van der Waals surface area contributed by atoms with Crippen LogP contribution in [0.3, 0.4) is 0 Å². The number of carbonyl (C=O) groups excluding carboxylic acids is 2. The Kier molecular flexibility index (Phi) is 10.8. The first-order chi connectivity index (χ1) is 21.1. The molecule has 0 unspecified atom stereocenters. The molecule has 2 amide bonds. The summed E-state index contributed by atoms with van der Waals surface area (Å²) in [5, 5.41) is 23.6. The number of carbonyl (C=O) groups is 2. The fraction of sp³-hybridized carbons (Fsp3) is 0.429. The third-order valence-electron chi connectivity index (χ3n) is 6.31. The van der Waals surface area contributed by atoms with Gasteiger partial charge in [0.1, 0.15) is 11.4 Å². The quantitative estimate of drug-likeness (QED) is 0.291. The summed E-state index contributed by atoms with van der Waals surface area (Å²) in [6.45, 7) is 3.56. The number of aromatic nitrogens is 6. The van der Waals surface area contributed by atoms with Crippen molar-refractivity contribution in [3.8, 4) is 11.5 Å². The standard InChI is InChI=1S/C28H34N8O7/c37-27-19-42-25-13-21-3-1-2-4-22(21)14-26(25)43-20-28(38)30-16-24-18-36(34-32-24)6-8-40-10-12-41-11-9-39-7-5-35-17-23(15-29-27)31-33-35/h1-4,13-14,17-18H,5-12,15-16,19-20H2,(H,29,37)(H,30,38). The van der Waals surface area contributed by atoms with Gasteiger partial charge in [-0.1, -0.05) is 34.7 Å². The second kappa shape index (κ2) is 15.6. The minimum atomic E-state index is -0.350. The van der Waals surface area contributed by atoms with Crippen LogP contribution >= 0.6 is 0 Å². The average Bonchev–Trinajstić information content (AvgIpc) is 3.68. The van der Waals surface area contributed by atoms with Gasteiger partial charge in [0.05, 0.1) is 78.2 Å². The van der Waals surface area contributed by atoms with Gasteiger partial charge in [-0.05, 0) is 22.9 Å². The van der Waals surface area contributed by atoms with E-state index in [2.05, 4.69) is 31.3 Å². The van der Waals surface area contributed by atoms with Gasteiger partial charge in [0.2, 0.25) is 0 Å². The van der Waals surface area contributed by atoms with Crippen molar-refractivity contribution in [2.24, 2.45) is 0 Å². The summed E-state index contributed by atoms with van der Waals surface area (Å²) in [7, 11) is 0. The van der Waals surface area contributed by atoms with Crippen molar-refractivity contribution in [1.29, 1.82) is 0 Å². The lowest BCUT2D eigenvalue weighted by atomic mass is 10.1. The first kappa shape index (κ1) is 29.9. The molecule has 5 rings (SSSR count). The molecule has 0 spiro atoms. The molecule has 0 fully saturated rings. The number of hydrogen-bond donors (Lipinski definition) is 2. The van der Waals surface area contributed by atoms with Gasteiger partial charge in [-0.2, -0.15) is 0 Å². The second-order valence-electron chi connectivity index (χ2n) is 9.56. The highest BCUT2D eigenvalue weighted by Crippen LogP contribution is 2.32. The van der Waals surface area contributed by atoms with E-state index in [1.165, 1.54) is 0 Å². The van der Waals surface area contributed by atoms with Crippen molar-refractivity contribution < 1.29 is 33.3 Å². The summed E-state index contributed by atoms with van der Waals surface area (Å²) in [5.74, 6) is -0.0199. The number of rotatable bonds is 0. The van der Waals surface area contributed by atoms with Crippen molar-refractivity contribution in [1.82, 2.24) is 40.6 Å². The molecule has 2 aromatic carbocycles. The van der Waals surface area contributed by atoms with Gasteiger partial charge in [0.25, 0.3) is 11.8 Å². The number of nitrogens with one attached hydrogen (secondary N) is 2. The predicted octanol–water partition coefficient (Wildman–Crippen LogP) is 0.477. The Hall–Kier alpha value is -4.60. The molecular weight excluding hydrogens is 560 g/mol. The molecule has 1 aliphatic heterocycles. The average molecular weight is 595 g/mol. The fourth-order valence-electron chi connectivity index (χ4n) is 4.11. The number of fused-ring (bicyclic) bond motifs is 6. The molecule has 4 bridgehead atoms. The molecule has 0 atom stereocenters. The molecule has 15 heteroatoms. The number of ether oxygens (including phenoxy) is 5. The SMILES string of the molecule is O=C1COc2cc3ccccc3cc2OCC(=O)NCc2cn(nn2)CCOCCOCCOCCn2cc(nn2)CN1. The topological polar surface area (TPSA) is 166 Å². The summed E-state index contributed by atoms with van der Waals surface area (Å²) in [5.41, 5.74) is 1.20. The van der Waals surface area contributed by atoms with Crippen LogP contribution in [0.1, 0.15) is 11.4 Å². The maximum Gasteiger partial charge on any atom is 0.258 e. The zero-order chi connectivity index (χ0) is 29.7. The lowest BCUT2D eigenvalue weighted by molar-refractivity contribution is -0.124. The van der Waals surface area contributed by atoms with Crippen LogP contribution in [0.25, 0.3) is 10.8 Å². The third kappa shape index (κ3) is 9.46. The molecular formula is C28H34N8O7. The number of amides is 2. The summed E-state index contributed by atoms with van der Waals surface area (Å²) >= 11 is 0. The first-order valence-electron chi connectivity index (χ1n) is 14.0. The molecule has 2 N–H and O–H groups in total. The molecule has 4 aromatic rings. The zero-order valence-corrected chi connectivity index (χ0v) is 23.6. The zero-order valence-electron chi connectivity index (χ0n) is 23.6. The largest absolute Gasteiger partial charge is 0.480 e. The predicted molar refractivity (Wildman–Crippen MR) is 151 cm³/mol. The summed E-state index contributed by atoms with van der Waals surface area (Å²) in [4.78, 5) is 25.1. The van der Waals surface area contributed by atoms with E-state index in [4.69, 9.17) is 23.7 Å². The normalized spacial score (nSPS) is 17.2. The van der Waals surface area contributed by atoms with Gasteiger partial charge in [0.15, 0.2) is 24.7 Å². The van der Waals surface area contributed by atoms with Crippen molar-refractivity contribution in [2.45, 2.75) is 26.2 Å². The molecule has 1 aliphatic rings. The van der Waals surface area contributed by atoms with E-state index in [1.54, 1.807) is 33.9 Å². The maximum atomic E-state index is 12.6. The Balaban J connectivity index is 1.22. The van der Waals surface area contributed by atoms with Crippen LogP contribution in [0.15, 0.2) is 48.8 Å². The minimum Gasteiger partial charge on any atom is -0.480 e. The Morgan fingerprint density at radius 3 is 1.53 bits per heavy atom. The molecule has 0 saturated heterocycles. The molecule has 2 aromatic heterocycles. The van der Waals surface area contributed by atoms with E-state index in [-0.39, 0.29) is 38.1 Å². The molecule has 43 heavy (non-hydrogen) atoms. The molecule has 0 radical (unpaired) electrons. The highest BCUT2D eigenvalue weighted by atomic mass is 16.5. The molecule has 3 heterocycles. The smallest absolute Gasteiger partial charge is 0.258 e. The van der Waals surface area contributed by atoms with Gasteiger partial charge >= 0.3 is 0 Å². The number of benzene rings is 2. The third-order valence-corrected chi connectivity index (χ3v) is 6.31. The lowest BCUT2D eigenvalue weighted by Crippen LogP contribution is -2.29. The van der Waals surface area contributed by atoms with E-state index < -0.39 is 0 Å². The van der Waals surface area contributed by atoms with Gasteiger partial charge in [-0.25, -0.2) is 9.36 Å². The minimum absolute atomic E-state index is 0.188. The van der Waals surface area contributed by atoms with Crippen LogP contribution in [-0.4, -0.2) is 94.7 Å². The fourth-order valence-corrected chi connectivity index (χ4v) is 4.11. The molecule has 15 nitrogen and oxygen atoms in total.